The monoisotopic (exact) mass is 477 g/mol. The van der Waals surface area contributed by atoms with Gasteiger partial charge in [-0.1, -0.05) is 24.3 Å². The van der Waals surface area contributed by atoms with Gasteiger partial charge < -0.3 is 5.32 Å². The number of halogens is 10. The molecule has 1 aliphatic rings. The van der Waals surface area contributed by atoms with Crippen LogP contribution in [0.4, 0.5) is 55.3 Å². The fourth-order valence-corrected chi connectivity index (χ4v) is 2.92. The van der Waals surface area contributed by atoms with Gasteiger partial charge in [0.2, 0.25) is 11.6 Å². The zero-order chi connectivity index (χ0) is 24.2. The Kier molecular flexibility index (Phi) is 5.34. The Morgan fingerprint density at radius 2 is 0.970 bits per heavy atom. The Morgan fingerprint density at radius 3 is 1.48 bits per heavy atom. The largest absolute Gasteiger partial charge is 0.335 e. The zero-order valence-corrected chi connectivity index (χ0v) is 15.5. The Hall–Kier alpha value is -3.90. The highest BCUT2D eigenvalue weighted by atomic mass is 19.2. The predicted molar refractivity (Wildman–Crippen MR) is 95.3 cm³/mol. The van der Waals surface area contributed by atoms with Crippen molar-refractivity contribution in [2.45, 2.75) is 0 Å². The summed E-state index contributed by atoms with van der Waals surface area (Å²) in [7, 11) is 0. The lowest BCUT2D eigenvalue weighted by Gasteiger charge is -2.11. The number of amidine groups is 2. The molecule has 3 nitrogen and oxygen atoms in total. The van der Waals surface area contributed by atoms with E-state index in [0.717, 1.165) is 0 Å². The van der Waals surface area contributed by atoms with Crippen molar-refractivity contribution in [1.29, 1.82) is 0 Å². The zero-order valence-electron chi connectivity index (χ0n) is 15.5. The van der Waals surface area contributed by atoms with Crippen LogP contribution in [0.15, 0.2) is 34.3 Å². The van der Waals surface area contributed by atoms with E-state index < -0.39 is 81.2 Å². The van der Waals surface area contributed by atoms with Crippen LogP contribution < -0.4 is 5.32 Å². The lowest BCUT2D eigenvalue weighted by molar-refractivity contribution is 0.381. The van der Waals surface area contributed by atoms with Gasteiger partial charge in [0.25, 0.3) is 0 Å². The van der Waals surface area contributed by atoms with Gasteiger partial charge in [0.05, 0.1) is 0 Å². The van der Waals surface area contributed by atoms with Crippen molar-refractivity contribution in [1.82, 2.24) is 0 Å². The van der Waals surface area contributed by atoms with Crippen molar-refractivity contribution < 1.29 is 43.9 Å². The van der Waals surface area contributed by atoms with Gasteiger partial charge in [-0.15, -0.1) is 0 Å². The van der Waals surface area contributed by atoms with Gasteiger partial charge in [-0.25, -0.2) is 53.9 Å². The smallest absolute Gasteiger partial charge is 0.200 e. The number of benzene rings is 3. The number of fused-ring (bicyclic) bond motifs is 1. The molecule has 3 aromatic rings. The lowest BCUT2D eigenvalue weighted by Crippen LogP contribution is -2.16. The second-order valence-electron chi connectivity index (χ2n) is 6.43. The second kappa shape index (κ2) is 7.90. The highest BCUT2D eigenvalue weighted by Crippen LogP contribution is 2.33. The minimum atomic E-state index is -2.42. The Labute approximate surface area is 176 Å². The molecule has 0 atom stereocenters. The molecule has 0 aromatic heterocycles. The molecule has 0 aliphatic carbocycles. The molecule has 0 unspecified atom stereocenters. The average Bonchev–Trinajstić information content (AvgIpc) is 3.16. The average molecular weight is 477 g/mol. The standard InChI is InChI=1S/C20H5F10N3/c21-7-9(23)13(27)17(14(28)10(7)24)31-19-5-3-1-2-4-6(5)20(33-19)32-18-15(29)11(25)8(22)12(26)16(18)30/h1-4H,(H,31,32,33). The summed E-state index contributed by atoms with van der Waals surface area (Å²) in [5.41, 5.74) is -3.27. The summed E-state index contributed by atoms with van der Waals surface area (Å²) in [4.78, 5) is 7.03. The molecule has 0 fully saturated rings. The number of rotatable bonds is 2. The molecule has 0 saturated carbocycles. The van der Waals surface area contributed by atoms with E-state index >= 15 is 0 Å². The number of hydrogen-bond donors (Lipinski definition) is 1. The number of nitrogens with zero attached hydrogens (tertiary/aromatic N) is 2. The summed E-state index contributed by atoms with van der Waals surface area (Å²) in [5.74, 6) is -24.1. The minimum absolute atomic E-state index is 0.0796. The van der Waals surface area contributed by atoms with Crippen LogP contribution in [0.3, 0.4) is 0 Å². The van der Waals surface area contributed by atoms with Gasteiger partial charge in [-0.05, 0) is 0 Å². The third-order valence-corrected chi connectivity index (χ3v) is 4.50. The van der Waals surface area contributed by atoms with E-state index in [0.29, 0.717) is 0 Å². The fourth-order valence-electron chi connectivity index (χ4n) is 2.92. The van der Waals surface area contributed by atoms with Gasteiger partial charge >= 0.3 is 0 Å². The van der Waals surface area contributed by atoms with Crippen LogP contribution in [-0.4, -0.2) is 11.7 Å². The Morgan fingerprint density at radius 1 is 0.545 bits per heavy atom. The van der Waals surface area contributed by atoms with E-state index in [-0.39, 0.29) is 11.1 Å². The Bertz CT molecular complexity index is 1340. The maximum Gasteiger partial charge on any atom is 0.200 e. The van der Waals surface area contributed by atoms with E-state index in [1.165, 1.54) is 24.3 Å². The summed E-state index contributed by atoms with van der Waals surface area (Å²) in [6.45, 7) is 0. The molecule has 1 aliphatic heterocycles. The minimum Gasteiger partial charge on any atom is -0.335 e. The molecule has 0 spiro atoms. The molecule has 1 heterocycles. The molecule has 33 heavy (non-hydrogen) atoms. The van der Waals surface area contributed by atoms with Crippen LogP contribution in [0.2, 0.25) is 0 Å². The lowest BCUT2D eigenvalue weighted by atomic mass is 10.1. The Balaban J connectivity index is 1.88. The van der Waals surface area contributed by atoms with E-state index in [9.17, 15) is 43.9 Å². The molecule has 4 rings (SSSR count). The van der Waals surface area contributed by atoms with Crippen LogP contribution in [0.1, 0.15) is 11.1 Å². The summed E-state index contributed by atoms with van der Waals surface area (Å²) < 4.78 is 136. The molecule has 170 valence electrons. The molecule has 0 amide bonds. The first-order valence-electron chi connectivity index (χ1n) is 8.61. The number of nitrogens with one attached hydrogen (secondary N) is 1. The first-order chi connectivity index (χ1) is 15.5. The van der Waals surface area contributed by atoms with Gasteiger partial charge in [0.1, 0.15) is 17.2 Å². The first-order valence-corrected chi connectivity index (χ1v) is 8.61. The molecule has 1 N–H and O–H groups in total. The van der Waals surface area contributed by atoms with Crippen LogP contribution in [0, 0.1) is 58.2 Å². The highest BCUT2D eigenvalue weighted by Gasteiger charge is 2.31. The number of hydrogen-bond acceptors (Lipinski definition) is 2. The number of aliphatic imine (C=N–C) groups is 2. The normalized spacial score (nSPS) is 14.0. The van der Waals surface area contributed by atoms with Crippen LogP contribution >= 0.6 is 0 Å². The first kappa shape index (κ1) is 22.3. The van der Waals surface area contributed by atoms with Gasteiger partial charge in [-0.3, -0.25) is 0 Å². The van der Waals surface area contributed by atoms with Crippen molar-refractivity contribution in [2.75, 3.05) is 5.32 Å². The summed E-state index contributed by atoms with van der Waals surface area (Å²) in [5, 5.41) is 1.90. The molecular formula is C20H5F10N3. The summed E-state index contributed by atoms with van der Waals surface area (Å²) >= 11 is 0. The topological polar surface area (TPSA) is 36.8 Å². The fraction of sp³-hybridized carbons (Fsp3) is 0. The summed E-state index contributed by atoms with van der Waals surface area (Å²) in [6.07, 6.45) is 0. The van der Waals surface area contributed by atoms with Crippen molar-refractivity contribution in [2.24, 2.45) is 9.98 Å². The predicted octanol–water partition coefficient (Wildman–Crippen LogP) is 6.03. The van der Waals surface area contributed by atoms with Gasteiger partial charge in [-0.2, -0.15) is 0 Å². The van der Waals surface area contributed by atoms with Crippen molar-refractivity contribution >= 4 is 23.0 Å². The highest BCUT2D eigenvalue weighted by molar-refractivity contribution is 6.26. The summed E-state index contributed by atoms with van der Waals surface area (Å²) in [6, 6.07) is 5.16. The maximum absolute atomic E-state index is 14.0. The molecule has 0 saturated heterocycles. The van der Waals surface area contributed by atoms with Gasteiger partial charge in [0, 0.05) is 11.1 Å². The van der Waals surface area contributed by atoms with Crippen LogP contribution in [0.25, 0.3) is 0 Å². The van der Waals surface area contributed by atoms with E-state index in [1.54, 1.807) is 0 Å². The number of anilines is 1. The molecular weight excluding hydrogens is 472 g/mol. The molecule has 13 heteroatoms. The van der Waals surface area contributed by atoms with E-state index in [4.69, 9.17) is 0 Å². The quantitative estimate of drug-likeness (QED) is 0.273. The van der Waals surface area contributed by atoms with Crippen LogP contribution in [-0.2, 0) is 0 Å². The van der Waals surface area contributed by atoms with Crippen molar-refractivity contribution in [3.8, 4) is 0 Å². The third-order valence-electron chi connectivity index (χ3n) is 4.50. The second-order valence-corrected chi connectivity index (χ2v) is 6.43. The van der Waals surface area contributed by atoms with E-state index in [1.807, 2.05) is 5.32 Å². The molecule has 0 bridgehead atoms. The van der Waals surface area contributed by atoms with Crippen molar-refractivity contribution in [3.05, 3.63) is 93.6 Å². The third kappa shape index (κ3) is 3.39. The molecule has 3 aromatic carbocycles. The van der Waals surface area contributed by atoms with E-state index in [2.05, 4.69) is 9.98 Å². The van der Waals surface area contributed by atoms with Crippen LogP contribution in [0.5, 0.6) is 0 Å². The van der Waals surface area contributed by atoms with Gasteiger partial charge in [0.15, 0.2) is 52.4 Å². The molecule has 0 radical (unpaired) electrons. The SMILES string of the molecule is Fc1c(F)c(F)c(N=C2N=C(Nc3c(F)c(F)c(F)c(F)c3F)c3ccccc32)c(F)c1F. The van der Waals surface area contributed by atoms with Crippen molar-refractivity contribution in [3.63, 3.8) is 0 Å². The maximum atomic E-state index is 14.0.